The van der Waals surface area contributed by atoms with Gasteiger partial charge in [0.25, 0.3) is 15.9 Å². The fraction of sp³-hybridized carbons (Fsp3) is 0.389. The molecular formula is C18H23N3O6S. The number of nitrogens with one attached hydrogen (secondary N) is 2. The van der Waals surface area contributed by atoms with Crippen molar-refractivity contribution in [2.24, 2.45) is 0 Å². The third kappa shape index (κ3) is 4.69. The second kappa shape index (κ2) is 8.87. The van der Waals surface area contributed by atoms with Gasteiger partial charge in [0.2, 0.25) is 0 Å². The molecule has 1 aliphatic rings. The molecule has 9 nitrogen and oxygen atoms in total. The highest BCUT2D eigenvalue weighted by Gasteiger charge is 2.31. The Bertz CT molecular complexity index is 923. The number of ether oxygens (including phenoxy) is 1. The first-order valence-corrected chi connectivity index (χ1v) is 10.2. The van der Waals surface area contributed by atoms with Crippen LogP contribution in [0.25, 0.3) is 0 Å². The average molecular weight is 409 g/mol. The summed E-state index contributed by atoms with van der Waals surface area (Å²) in [6, 6.07) is 5.59. The van der Waals surface area contributed by atoms with Gasteiger partial charge in [0.1, 0.15) is 0 Å². The van der Waals surface area contributed by atoms with E-state index in [0.717, 1.165) is 17.6 Å². The van der Waals surface area contributed by atoms with Crippen molar-refractivity contribution in [3.8, 4) is 0 Å². The second-order valence-electron chi connectivity index (χ2n) is 6.19. The maximum atomic E-state index is 12.3. The molecule has 0 aliphatic carbocycles. The van der Waals surface area contributed by atoms with E-state index in [1.807, 2.05) is 13.8 Å². The van der Waals surface area contributed by atoms with Gasteiger partial charge < -0.3 is 10.1 Å². The normalized spacial score (nSPS) is 14.2. The third-order valence-corrected chi connectivity index (χ3v) is 5.76. The van der Waals surface area contributed by atoms with E-state index in [9.17, 15) is 22.8 Å². The van der Waals surface area contributed by atoms with Crippen LogP contribution in [-0.2, 0) is 26.0 Å². The van der Waals surface area contributed by atoms with E-state index in [2.05, 4.69) is 10.1 Å². The van der Waals surface area contributed by atoms with Gasteiger partial charge in [-0.2, -0.15) is 0 Å². The first-order valence-electron chi connectivity index (χ1n) is 8.68. The Morgan fingerprint density at radius 2 is 1.93 bits per heavy atom. The lowest BCUT2D eigenvalue weighted by Gasteiger charge is -2.16. The lowest BCUT2D eigenvalue weighted by atomic mass is 10.1. The molecule has 2 rings (SSSR count). The number of hydrogen-bond donors (Lipinski definition) is 2. The summed E-state index contributed by atoms with van der Waals surface area (Å²) >= 11 is 0. The zero-order valence-corrected chi connectivity index (χ0v) is 16.8. The van der Waals surface area contributed by atoms with Crippen molar-refractivity contribution in [2.75, 3.05) is 20.2 Å². The van der Waals surface area contributed by atoms with Crippen LogP contribution in [0.5, 0.6) is 0 Å². The Morgan fingerprint density at radius 1 is 1.25 bits per heavy atom. The molecule has 1 heterocycles. The smallest absolute Gasteiger partial charge is 0.420 e. The van der Waals surface area contributed by atoms with Crippen molar-refractivity contribution >= 4 is 28.1 Å². The number of imide groups is 1. The quantitative estimate of drug-likeness (QED) is 0.735. The highest BCUT2D eigenvalue weighted by molar-refractivity contribution is 7.90. The molecule has 0 atom stereocenters. The predicted molar refractivity (Wildman–Crippen MR) is 101 cm³/mol. The van der Waals surface area contributed by atoms with Crippen LogP contribution in [0.1, 0.15) is 25.8 Å². The van der Waals surface area contributed by atoms with E-state index in [4.69, 9.17) is 0 Å². The van der Waals surface area contributed by atoms with Crippen molar-refractivity contribution in [1.29, 1.82) is 0 Å². The fourth-order valence-electron chi connectivity index (χ4n) is 2.95. The van der Waals surface area contributed by atoms with E-state index >= 15 is 0 Å². The van der Waals surface area contributed by atoms with Crippen LogP contribution in [0.2, 0.25) is 0 Å². The van der Waals surface area contributed by atoms with Gasteiger partial charge in [-0.3, -0.25) is 9.69 Å². The van der Waals surface area contributed by atoms with Crippen molar-refractivity contribution in [3.05, 3.63) is 41.0 Å². The summed E-state index contributed by atoms with van der Waals surface area (Å²) in [5, 5.41) is 2.63. The van der Waals surface area contributed by atoms with Crippen LogP contribution in [0.15, 0.2) is 40.3 Å². The van der Waals surface area contributed by atoms with Gasteiger partial charge in [-0.1, -0.05) is 25.1 Å². The molecule has 4 amide bonds. The number of carbonyl (C=O) groups is 3. The lowest BCUT2D eigenvalue weighted by molar-refractivity contribution is -0.123. The van der Waals surface area contributed by atoms with E-state index in [1.165, 1.54) is 12.1 Å². The topological polar surface area (TPSA) is 122 Å². The third-order valence-electron chi connectivity index (χ3n) is 4.35. The van der Waals surface area contributed by atoms with E-state index in [1.54, 1.807) is 16.9 Å². The molecule has 0 unspecified atom stereocenters. The number of sulfonamides is 1. The molecule has 0 spiro atoms. The number of rotatable bonds is 6. The van der Waals surface area contributed by atoms with E-state index < -0.39 is 22.1 Å². The summed E-state index contributed by atoms with van der Waals surface area (Å²) < 4.78 is 30.8. The minimum absolute atomic E-state index is 0.0855. The first-order chi connectivity index (χ1) is 13.2. The Morgan fingerprint density at radius 3 is 2.54 bits per heavy atom. The highest BCUT2D eigenvalue weighted by Crippen LogP contribution is 2.21. The SMILES string of the molecule is CCC1=C(C)CN(C(=O)NCCc2ccccc2S(=O)(=O)NC(=O)OC)C1=O. The van der Waals surface area contributed by atoms with Crippen LogP contribution in [0.4, 0.5) is 9.59 Å². The Labute approximate surface area is 163 Å². The minimum atomic E-state index is -4.10. The average Bonchev–Trinajstić information content (AvgIpc) is 2.95. The van der Waals surface area contributed by atoms with Crippen LogP contribution in [-0.4, -0.2) is 51.5 Å². The summed E-state index contributed by atoms with van der Waals surface area (Å²) in [6.07, 6.45) is -0.336. The lowest BCUT2D eigenvalue weighted by Crippen LogP contribution is -2.42. The van der Waals surface area contributed by atoms with Crippen LogP contribution < -0.4 is 10.0 Å². The maximum absolute atomic E-state index is 12.3. The molecule has 0 radical (unpaired) electrons. The monoisotopic (exact) mass is 409 g/mol. The Hall–Kier alpha value is -2.88. The van der Waals surface area contributed by atoms with Gasteiger partial charge in [-0.25, -0.2) is 22.7 Å². The van der Waals surface area contributed by atoms with Crippen LogP contribution in [0, 0.1) is 0 Å². The molecule has 1 aliphatic heterocycles. The summed E-state index contributed by atoms with van der Waals surface area (Å²) in [5.41, 5.74) is 1.92. The van der Waals surface area contributed by atoms with Crippen molar-refractivity contribution in [1.82, 2.24) is 14.9 Å². The molecule has 2 N–H and O–H groups in total. The molecule has 0 saturated carbocycles. The predicted octanol–water partition coefficient (Wildman–Crippen LogP) is 1.55. The molecule has 0 fully saturated rings. The number of hydrogen-bond acceptors (Lipinski definition) is 6. The standard InChI is InChI=1S/C18H23N3O6S/c1-4-14-12(2)11-21(16(14)22)17(23)19-10-9-13-7-5-6-8-15(13)28(25,26)20-18(24)27-3/h5-8H,4,9-11H2,1-3H3,(H,19,23)(H,20,24). The largest absolute Gasteiger partial charge is 0.452 e. The zero-order valence-electron chi connectivity index (χ0n) is 15.9. The zero-order chi connectivity index (χ0) is 20.9. The van der Waals surface area contributed by atoms with Crippen LogP contribution in [0.3, 0.4) is 0 Å². The van der Waals surface area contributed by atoms with Gasteiger partial charge in [-0.15, -0.1) is 0 Å². The first kappa shape index (κ1) is 21.4. The molecule has 0 aromatic heterocycles. The number of carbonyl (C=O) groups excluding carboxylic acids is 3. The maximum Gasteiger partial charge on any atom is 0.420 e. The van der Waals surface area contributed by atoms with Gasteiger partial charge >= 0.3 is 12.1 Å². The highest BCUT2D eigenvalue weighted by atomic mass is 32.2. The fourth-order valence-corrected chi connectivity index (χ4v) is 4.13. The molecule has 0 saturated heterocycles. The molecule has 1 aromatic rings. The van der Waals surface area contributed by atoms with Crippen molar-refractivity contribution < 1.29 is 27.5 Å². The number of nitrogens with zero attached hydrogens (tertiary/aromatic N) is 1. The molecule has 152 valence electrons. The number of amides is 4. The number of urea groups is 1. The van der Waals surface area contributed by atoms with E-state index in [0.29, 0.717) is 17.6 Å². The number of methoxy groups -OCH3 is 1. The number of benzene rings is 1. The summed E-state index contributed by atoms with van der Waals surface area (Å²) in [4.78, 5) is 36.8. The van der Waals surface area contributed by atoms with E-state index in [-0.39, 0.29) is 30.3 Å². The minimum Gasteiger partial charge on any atom is -0.452 e. The Balaban J connectivity index is 2.02. The summed E-state index contributed by atoms with van der Waals surface area (Å²) in [7, 11) is -3.04. The van der Waals surface area contributed by atoms with Crippen molar-refractivity contribution in [3.63, 3.8) is 0 Å². The Kier molecular flexibility index (Phi) is 6.79. The second-order valence-corrected chi connectivity index (χ2v) is 7.84. The van der Waals surface area contributed by atoms with Crippen LogP contribution >= 0.6 is 0 Å². The van der Waals surface area contributed by atoms with Crippen molar-refractivity contribution in [2.45, 2.75) is 31.6 Å². The van der Waals surface area contributed by atoms with Gasteiger partial charge in [-0.05, 0) is 37.0 Å². The molecule has 0 bridgehead atoms. The van der Waals surface area contributed by atoms with Gasteiger partial charge in [0.05, 0.1) is 18.6 Å². The molecule has 1 aromatic carbocycles. The van der Waals surface area contributed by atoms with Gasteiger partial charge in [0.15, 0.2) is 0 Å². The summed E-state index contributed by atoms with van der Waals surface area (Å²) in [6.45, 7) is 4.05. The summed E-state index contributed by atoms with van der Waals surface area (Å²) in [5.74, 6) is -0.303. The molecular weight excluding hydrogens is 386 g/mol. The van der Waals surface area contributed by atoms with Gasteiger partial charge in [0, 0.05) is 12.1 Å². The molecule has 28 heavy (non-hydrogen) atoms. The molecule has 10 heteroatoms.